The van der Waals surface area contributed by atoms with Crippen LogP contribution in [0.1, 0.15) is 271 Å². The molecule has 1 unspecified atom stereocenters. The van der Waals surface area contributed by atoms with Gasteiger partial charge in [-0.15, -0.1) is 0 Å². The second kappa shape index (κ2) is 46.6. The SMILES string of the molecule is CCCCCCC/C=C\C/C=C\CCCCCC(CCCCCCCC(=O)NCC(=O)O)OC(=O)CCCCCCCCCCCCCCCCCCCCCC. The van der Waals surface area contributed by atoms with Gasteiger partial charge in [0, 0.05) is 12.8 Å². The zero-order valence-electron chi connectivity index (χ0n) is 38.0. The minimum absolute atomic E-state index is 0.00653. The topological polar surface area (TPSA) is 92.7 Å². The van der Waals surface area contributed by atoms with E-state index >= 15 is 0 Å². The second-order valence-corrected chi connectivity index (χ2v) is 17.1. The minimum Gasteiger partial charge on any atom is -0.480 e. The van der Waals surface area contributed by atoms with E-state index in [1.54, 1.807) is 0 Å². The van der Waals surface area contributed by atoms with Gasteiger partial charge in [-0.25, -0.2) is 0 Å². The van der Waals surface area contributed by atoms with Gasteiger partial charge in [0.2, 0.25) is 5.91 Å². The molecule has 0 fully saturated rings. The van der Waals surface area contributed by atoms with Crippen LogP contribution in [0.25, 0.3) is 0 Å². The molecule has 0 saturated heterocycles. The van der Waals surface area contributed by atoms with Crippen LogP contribution in [0, 0.1) is 0 Å². The predicted octanol–water partition coefficient (Wildman–Crippen LogP) is 15.9. The molecule has 0 aromatic heterocycles. The normalized spacial score (nSPS) is 12.2. The Hall–Kier alpha value is -2.11. The lowest BCUT2D eigenvalue weighted by atomic mass is 10.0. The fourth-order valence-electron chi connectivity index (χ4n) is 7.67. The molecule has 6 heteroatoms. The summed E-state index contributed by atoms with van der Waals surface area (Å²) in [6.45, 7) is 4.24. The number of hydrogen-bond acceptors (Lipinski definition) is 4. The number of rotatable bonds is 46. The maximum Gasteiger partial charge on any atom is 0.322 e. The molecule has 0 saturated carbocycles. The van der Waals surface area contributed by atoms with Gasteiger partial charge in [-0.3, -0.25) is 14.4 Å². The Morgan fingerprint density at radius 2 is 0.807 bits per heavy atom. The number of carboxylic acid groups (broad SMARTS) is 1. The highest BCUT2D eigenvalue weighted by molar-refractivity contribution is 5.80. The summed E-state index contributed by atoms with van der Waals surface area (Å²) in [5.74, 6) is -1.23. The van der Waals surface area contributed by atoms with E-state index in [0.29, 0.717) is 12.8 Å². The number of nitrogens with one attached hydrogen (secondary N) is 1. The Bertz CT molecular complexity index is 931. The smallest absolute Gasteiger partial charge is 0.322 e. The van der Waals surface area contributed by atoms with Crippen molar-refractivity contribution < 1.29 is 24.2 Å². The molecule has 0 bridgehead atoms. The number of aliphatic carboxylic acids is 1. The van der Waals surface area contributed by atoms with Crippen molar-refractivity contribution in [2.75, 3.05) is 6.54 Å². The van der Waals surface area contributed by atoms with E-state index in [0.717, 1.165) is 83.5 Å². The van der Waals surface area contributed by atoms with Crippen molar-refractivity contribution in [1.29, 1.82) is 0 Å². The first-order valence-corrected chi connectivity index (χ1v) is 25.0. The van der Waals surface area contributed by atoms with E-state index < -0.39 is 5.97 Å². The van der Waals surface area contributed by atoms with Crippen LogP contribution in [0.15, 0.2) is 24.3 Å². The molecule has 0 aromatic rings. The average molecular weight is 802 g/mol. The Morgan fingerprint density at radius 3 is 1.23 bits per heavy atom. The van der Waals surface area contributed by atoms with Gasteiger partial charge in [-0.05, 0) is 70.6 Å². The first kappa shape index (κ1) is 54.9. The first-order chi connectivity index (χ1) is 28.0. The van der Waals surface area contributed by atoms with Gasteiger partial charge in [0.05, 0.1) is 0 Å². The van der Waals surface area contributed by atoms with Gasteiger partial charge in [-0.1, -0.05) is 212 Å². The standard InChI is InChI=1S/C51H95NO5/c1-3-5-7-9-11-13-15-17-19-20-21-22-23-25-27-29-31-33-38-42-46-51(56)57-48(44-40-36-34-37-41-45-49(53)52-47-50(54)55)43-39-35-32-30-28-26-24-18-16-14-12-10-8-6-4-2/h16,18,26,28,48H,3-15,17,19-25,27,29-47H2,1-2H3,(H,52,53)(H,54,55)/b18-16-,28-26-. The molecule has 334 valence electrons. The van der Waals surface area contributed by atoms with Crippen molar-refractivity contribution in [3.05, 3.63) is 24.3 Å². The number of amides is 1. The molecule has 0 aliphatic heterocycles. The van der Waals surface area contributed by atoms with Crippen molar-refractivity contribution in [1.82, 2.24) is 5.32 Å². The van der Waals surface area contributed by atoms with E-state index in [2.05, 4.69) is 43.5 Å². The summed E-state index contributed by atoms with van der Waals surface area (Å²) in [6.07, 6.45) is 57.5. The van der Waals surface area contributed by atoms with Crippen molar-refractivity contribution in [2.45, 2.75) is 277 Å². The van der Waals surface area contributed by atoms with Crippen LogP contribution in [-0.4, -0.2) is 35.6 Å². The molecule has 1 atom stereocenters. The Labute approximate surface area is 354 Å². The average Bonchev–Trinajstić information content (AvgIpc) is 3.20. The lowest BCUT2D eigenvalue weighted by Gasteiger charge is -2.18. The molecular formula is C51H95NO5. The molecular weight excluding hydrogens is 707 g/mol. The second-order valence-electron chi connectivity index (χ2n) is 17.1. The van der Waals surface area contributed by atoms with Gasteiger partial charge < -0.3 is 15.2 Å². The molecule has 0 rings (SSSR count). The highest BCUT2D eigenvalue weighted by Crippen LogP contribution is 2.19. The van der Waals surface area contributed by atoms with Crippen molar-refractivity contribution >= 4 is 17.8 Å². The largest absolute Gasteiger partial charge is 0.480 e. The summed E-state index contributed by atoms with van der Waals surface area (Å²) in [5, 5.41) is 11.1. The summed E-state index contributed by atoms with van der Waals surface area (Å²) in [7, 11) is 0. The zero-order chi connectivity index (χ0) is 41.5. The maximum atomic E-state index is 12.8. The number of allylic oxidation sites excluding steroid dienone is 4. The van der Waals surface area contributed by atoms with Crippen LogP contribution in [0.3, 0.4) is 0 Å². The lowest BCUT2D eigenvalue weighted by molar-refractivity contribution is -0.150. The van der Waals surface area contributed by atoms with E-state index in [-0.39, 0.29) is 24.5 Å². The molecule has 0 spiro atoms. The van der Waals surface area contributed by atoms with Crippen molar-refractivity contribution in [2.24, 2.45) is 0 Å². The molecule has 0 aromatic carbocycles. The fourth-order valence-corrected chi connectivity index (χ4v) is 7.67. The van der Waals surface area contributed by atoms with Gasteiger partial charge in [0.15, 0.2) is 0 Å². The zero-order valence-corrected chi connectivity index (χ0v) is 38.0. The summed E-state index contributed by atoms with van der Waals surface area (Å²) in [4.78, 5) is 35.2. The Morgan fingerprint density at radius 1 is 0.456 bits per heavy atom. The molecule has 2 N–H and O–H groups in total. The van der Waals surface area contributed by atoms with Crippen LogP contribution in [0.5, 0.6) is 0 Å². The highest BCUT2D eigenvalue weighted by atomic mass is 16.5. The van der Waals surface area contributed by atoms with Crippen LogP contribution in [-0.2, 0) is 19.1 Å². The highest BCUT2D eigenvalue weighted by Gasteiger charge is 2.14. The molecule has 1 amide bonds. The van der Waals surface area contributed by atoms with Crippen molar-refractivity contribution in [3.63, 3.8) is 0 Å². The minimum atomic E-state index is -1.02. The number of hydrogen-bond donors (Lipinski definition) is 2. The summed E-state index contributed by atoms with van der Waals surface area (Å²) in [6, 6.07) is 0. The van der Waals surface area contributed by atoms with Gasteiger partial charge >= 0.3 is 11.9 Å². The Balaban J connectivity index is 4.11. The third-order valence-corrected chi connectivity index (χ3v) is 11.4. The predicted molar refractivity (Wildman–Crippen MR) is 245 cm³/mol. The molecule has 6 nitrogen and oxygen atoms in total. The number of carbonyl (C=O) groups is 3. The number of carboxylic acids is 1. The molecule has 57 heavy (non-hydrogen) atoms. The van der Waals surface area contributed by atoms with Gasteiger partial charge in [0.1, 0.15) is 12.6 Å². The van der Waals surface area contributed by atoms with Crippen LogP contribution in [0.2, 0.25) is 0 Å². The first-order valence-electron chi connectivity index (χ1n) is 25.0. The number of ether oxygens (including phenoxy) is 1. The third kappa shape index (κ3) is 46.5. The van der Waals surface area contributed by atoms with Gasteiger partial charge in [-0.2, -0.15) is 0 Å². The molecule has 0 radical (unpaired) electrons. The van der Waals surface area contributed by atoms with Crippen LogP contribution >= 0.6 is 0 Å². The number of esters is 1. The molecule has 0 heterocycles. The molecule has 0 aliphatic rings. The molecule has 0 aliphatic carbocycles. The van der Waals surface area contributed by atoms with Crippen LogP contribution < -0.4 is 5.32 Å². The van der Waals surface area contributed by atoms with E-state index in [4.69, 9.17) is 9.84 Å². The fraction of sp³-hybridized carbons (Fsp3) is 0.863. The van der Waals surface area contributed by atoms with Crippen molar-refractivity contribution in [3.8, 4) is 0 Å². The van der Waals surface area contributed by atoms with E-state index in [1.165, 1.54) is 161 Å². The van der Waals surface area contributed by atoms with Gasteiger partial charge in [0.25, 0.3) is 0 Å². The maximum absolute atomic E-state index is 12.8. The van der Waals surface area contributed by atoms with E-state index in [1.807, 2.05) is 0 Å². The summed E-state index contributed by atoms with van der Waals surface area (Å²) in [5.41, 5.74) is 0. The summed E-state index contributed by atoms with van der Waals surface area (Å²) >= 11 is 0. The lowest BCUT2D eigenvalue weighted by Crippen LogP contribution is -2.28. The quantitative estimate of drug-likeness (QED) is 0.0363. The summed E-state index contributed by atoms with van der Waals surface area (Å²) < 4.78 is 6.05. The number of carbonyl (C=O) groups excluding carboxylic acids is 2. The Kier molecular flexibility index (Phi) is 44.9. The van der Waals surface area contributed by atoms with E-state index in [9.17, 15) is 14.4 Å². The number of unbranched alkanes of at least 4 members (excludes halogenated alkanes) is 31. The third-order valence-electron chi connectivity index (χ3n) is 11.4. The monoisotopic (exact) mass is 802 g/mol. The van der Waals surface area contributed by atoms with Crippen LogP contribution in [0.4, 0.5) is 0 Å².